The molecule has 134 valence electrons. The monoisotopic (exact) mass is 391 g/mol. The Labute approximate surface area is 160 Å². The minimum atomic E-state index is -0.957. The Morgan fingerprint density at radius 3 is 2.69 bits per heavy atom. The summed E-state index contributed by atoms with van der Waals surface area (Å²) in [5, 5.41) is 6.76. The van der Waals surface area contributed by atoms with E-state index in [9.17, 15) is 9.59 Å². The van der Waals surface area contributed by atoms with Crippen molar-refractivity contribution in [3.8, 4) is 5.75 Å². The maximum absolute atomic E-state index is 11.9. The summed E-state index contributed by atoms with van der Waals surface area (Å²) in [5.41, 5.74) is 3.00. The Kier molecular flexibility index (Phi) is 7.20. The Morgan fingerprint density at radius 2 is 1.92 bits per heavy atom. The lowest BCUT2D eigenvalue weighted by molar-refractivity contribution is -0.136. The van der Waals surface area contributed by atoms with E-state index in [4.69, 9.17) is 27.9 Å². The highest BCUT2D eigenvalue weighted by atomic mass is 35.5. The van der Waals surface area contributed by atoms with Crippen molar-refractivity contribution in [2.75, 3.05) is 11.9 Å². The van der Waals surface area contributed by atoms with Crippen molar-refractivity contribution >= 4 is 46.9 Å². The van der Waals surface area contributed by atoms with Gasteiger partial charge in [0.05, 0.1) is 16.9 Å². The van der Waals surface area contributed by atoms with E-state index in [-0.39, 0.29) is 10.7 Å². The molecule has 0 aromatic heterocycles. The highest BCUT2D eigenvalue weighted by molar-refractivity contribution is 6.42. The van der Waals surface area contributed by atoms with Crippen molar-refractivity contribution in [1.82, 2.24) is 5.43 Å². The SMILES string of the molecule is C=CCOc1ccccc1/C=N/NC(=O)C(=O)Nc1cc(Cl)ccc1Cl. The second-order valence-corrected chi connectivity index (χ2v) is 5.76. The molecule has 2 N–H and O–H groups in total. The van der Waals surface area contributed by atoms with Gasteiger partial charge in [-0.25, -0.2) is 5.43 Å². The lowest BCUT2D eigenvalue weighted by Gasteiger charge is -2.07. The average molecular weight is 392 g/mol. The molecule has 0 aliphatic carbocycles. The van der Waals surface area contributed by atoms with Gasteiger partial charge in [-0.2, -0.15) is 5.10 Å². The van der Waals surface area contributed by atoms with Crippen LogP contribution in [0.2, 0.25) is 10.0 Å². The van der Waals surface area contributed by atoms with Gasteiger partial charge in [0.25, 0.3) is 0 Å². The Balaban J connectivity index is 1.97. The van der Waals surface area contributed by atoms with Crippen LogP contribution in [0.15, 0.2) is 60.2 Å². The Bertz CT molecular complexity index is 853. The first-order chi connectivity index (χ1) is 12.5. The van der Waals surface area contributed by atoms with Crippen LogP contribution in [0.25, 0.3) is 0 Å². The minimum absolute atomic E-state index is 0.228. The number of para-hydroxylation sites is 1. The number of hydrogen-bond acceptors (Lipinski definition) is 4. The van der Waals surface area contributed by atoms with Crippen LogP contribution in [0.5, 0.6) is 5.75 Å². The van der Waals surface area contributed by atoms with Crippen molar-refractivity contribution in [3.63, 3.8) is 0 Å². The fourth-order valence-corrected chi connectivity index (χ4v) is 2.19. The summed E-state index contributed by atoms with van der Waals surface area (Å²) in [6.07, 6.45) is 2.98. The van der Waals surface area contributed by atoms with Crippen LogP contribution in [0.1, 0.15) is 5.56 Å². The summed E-state index contributed by atoms with van der Waals surface area (Å²) in [7, 11) is 0. The zero-order valence-corrected chi connectivity index (χ0v) is 15.1. The number of carbonyl (C=O) groups is 2. The molecule has 2 amide bonds. The van der Waals surface area contributed by atoms with Crippen LogP contribution in [0.4, 0.5) is 5.69 Å². The van der Waals surface area contributed by atoms with Crippen LogP contribution in [-0.2, 0) is 9.59 Å². The first-order valence-electron chi connectivity index (χ1n) is 7.43. The highest BCUT2D eigenvalue weighted by Crippen LogP contribution is 2.25. The van der Waals surface area contributed by atoms with E-state index in [2.05, 4.69) is 22.4 Å². The van der Waals surface area contributed by atoms with E-state index in [1.165, 1.54) is 18.3 Å². The van der Waals surface area contributed by atoms with Gasteiger partial charge in [0.15, 0.2) is 0 Å². The summed E-state index contributed by atoms with van der Waals surface area (Å²) >= 11 is 11.8. The number of hydrogen-bond donors (Lipinski definition) is 2. The average Bonchev–Trinajstić information content (AvgIpc) is 2.63. The summed E-state index contributed by atoms with van der Waals surface area (Å²) < 4.78 is 5.47. The van der Waals surface area contributed by atoms with Crippen molar-refractivity contribution in [3.05, 3.63) is 70.7 Å². The predicted octanol–water partition coefficient (Wildman–Crippen LogP) is 3.65. The molecule has 0 fully saturated rings. The van der Waals surface area contributed by atoms with Gasteiger partial charge in [-0.05, 0) is 30.3 Å². The number of ether oxygens (including phenoxy) is 1. The molecule has 0 aliphatic heterocycles. The molecular formula is C18H15Cl2N3O3. The molecule has 2 aromatic rings. The zero-order valence-electron chi connectivity index (χ0n) is 13.5. The fourth-order valence-electron chi connectivity index (χ4n) is 1.85. The van der Waals surface area contributed by atoms with E-state index in [1.807, 2.05) is 0 Å². The molecule has 0 atom stereocenters. The summed E-state index contributed by atoms with van der Waals surface area (Å²) in [4.78, 5) is 23.7. The molecule has 8 heteroatoms. The van der Waals surface area contributed by atoms with Crippen LogP contribution >= 0.6 is 23.2 Å². The van der Waals surface area contributed by atoms with Gasteiger partial charge in [-0.15, -0.1) is 0 Å². The summed E-state index contributed by atoms with van der Waals surface area (Å²) in [6.45, 7) is 3.91. The van der Waals surface area contributed by atoms with Crippen molar-refractivity contribution in [2.45, 2.75) is 0 Å². The number of halogens is 2. The first-order valence-corrected chi connectivity index (χ1v) is 8.19. The van der Waals surface area contributed by atoms with Crippen molar-refractivity contribution < 1.29 is 14.3 Å². The molecule has 0 aliphatic rings. The third kappa shape index (κ3) is 5.61. The van der Waals surface area contributed by atoms with E-state index in [0.717, 1.165) is 0 Å². The smallest absolute Gasteiger partial charge is 0.329 e. The van der Waals surface area contributed by atoms with E-state index in [0.29, 0.717) is 22.9 Å². The molecule has 0 radical (unpaired) electrons. The number of anilines is 1. The lowest BCUT2D eigenvalue weighted by atomic mass is 10.2. The fraction of sp³-hybridized carbons (Fsp3) is 0.0556. The van der Waals surface area contributed by atoms with E-state index in [1.54, 1.807) is 36.4 Å². The van der Waals surface area contributed by atoms with Crippen LogP contribution in [0.3, 0.4) is 0 Å². The van der Waals surface area contributed by atoms with Crippen LogP contribution < -0.4 is 15.5 Å². The summed E-state index contributed by atoms with van der Waals surface area (Å²) in [6, 6.07) is 11.6. The maximum Gasteiger partial charge on any atom is 0.329 e. The van der Waals surface area contributed by atoms with Crippen molar-refractivity contribution in [2.24, 2.45) is 5.10 Å². The topological polar surface area (TPSA) is 79.8 Å². The standard InChI is InChI=1S/C18H15Cl2N3O3/c1-2-9-26-16-6-4-3-5-12(16)11-21-23-18(25)17(24)22-15-10-13(19)7-8-14(15)20/h2-8,10-11H,1,9H2,(H,22,24)(H,23,25)/b21-11+. The molecule has 2 aromatic carbocycles. The van der Waals surface area contributed by atoms with Gasteiger partial charge in [0.1, 0.15) is 12.4 Å². The number of hydrazone groups is 1. The minimum Gasteiger partial charge on any atom is -0.489 e. The van der Waals surface area contributed by atoms with Gasteiger partial charge in [0.2, 0.25) is 0 Å². The second-order valence-electron chi connectivity index (χ2n) is 4.91. The molecule has 6 nitrogen and oxygen atoms in total. The zero-order chi connectivity index (χ0) is 18.9. The number of carbonyl (C=O) groups excluding carboxylic acids is 2. The predicted molar refractivity (Wildman–Crippen MR) is 103 cm³/mol. The Hall–Kier alpha value is -2.83. The molecule has 2 rings (SSSR count). The quantitative estimate of drug-likeness (QED) is 0.341. The largest absolute Gasteiger partial charge is 0.489 e. The third-order valence-electron chi connectivity index (χ3n) is 3.03. The van der Waals surface area contributed by atoms with Gasteiger partial charge in [-0.1, -0.05) is 48.0 Å². The number of benzene rings is 2. The third-order valence-corrected chi connectivity index (χ3v) is 3.59. The lowest BCUT2D eigenvalue weighted by Crippen LogP contribution is -2.32. The van der Waals surface area contributed by atoms with Gasteiger partial charge >= 0.3 is 11.8 Å². The molecule has 0 saturated carbocycles. The molecule has 0 unspecified atom stereocenters. The second kappa shape index (κ2) is 9.60. The van der Waals surface area contributed by atoms with E-state index >= 15 is 0 Å². The summed E-state index contributed by atoms with van der Waals surface area (Å²) in [5.74, 6) is -1.31. The molecule has 0 heterocycles. The van der Waals surface area contributed by atoms with Crippen LogP contribution in [-0.4, -0.2) is 24.6 Å². The number of nitrogens with one attached hydrogen (secondary N) is 2. The van der Waals surface area contributed by atoms with E-state index < -0.39 is 11.8 Å². The number of nitrogens with zero attached hydrogens (tertiary/aromatic N) is 1. The maximum atomic E-state index is 11.9. The first kappa shape index (κ1) is 19.5. The number of rotatable bonds is 6. The Morgan fingerprint density at radius 1 is 1.15 bits per heavy atom. The molecule has 0 spiro atoms. The highest BCUT2D eigenvalue weighted by Gasteiger charge is 2.14. The molecule has 26 heavy (non-hydrogen) atoms. The molecular weight excluding hydrogens is 377 g/mol. The molecule has 0 bridgehead atoms. The van der Waals surface area contributed by atoms with Gasteiger partial charge < -0.3 is 10.1 Å². The van der Waals surface area contributed by atoms with Gasteiger partial charge in [0, 0.05) is 10.6 Å². The van der Waals surface area contributed by atoms with Crippen LogP contribution in [0, 0.1) is 0 Å². The number of amides is 2. The van der Waals surface area contributed by atoms with Crippen molar-refractivity contribution in [1.29, 1.82) is 0 Å². The van der Waals surface area contributed by atoms with Gasteiger partial charge in [-0.3, -0.25) is 9.59 Å². The molecule has 0 saturated heterocycles. The normalized spacial score (nSPS) is 10.4.